The molecule has 0 radical (unpaired) electrons. The van der Waals surface area contributed by atoms with E-state index in [1.54, 1.807) is 0 Å². The molecule has 1 unspecified atom stereocenters. The summed E-state index contributed by atoms with van der Waals surface area (Å²) in [6, 6.07) is 0.628. The molecule has 15 heavy (non-hydrogen) atoms. The summed E-state index contributed by atoms with van der Waals surface area (Å²) in [5.41, 5.74) is 0.622. The molecule has 1 atom stereocenters. The average Bonchev–Trinajstić information content (AvgIpc) is 2.77. The zero-order valence-electron chi connectivity index (χ0n) is 10.1. The second-order valence-electron chi connectivity index (χ2n) is 5.36. The zero-order chi connectivity index (χ0) is 10.6. The van der Waals surface area contributed by atoms with Crippen LogP contribution >= 0.6 is 0 Å². The van der Waals surface area contributed by atoms with E-state index in [9.17, 15) is 0 Å². The van der Waals surface area contributed by atoms with Crippen molar-refractivity contribution in [2.75, 3.05) is 19.8 Å². The molecule has 2 nitrogen and oxygen atoms in total. The summed E-state index contributed by atoms with van der Waals surface area (Å²) in [4.78, 5) is 0. The summed E-state index contributed by atoms with van der Waals surface area (Å²) < 4.78 is 5.50. The first-order chi connectivity index (χ1) is 7.35. The van der Waals surface area contributed by atoms with E-state index in [1.165, 1.54) is 51.5 Å². The predicted octanol–water partition coefficient (Wildman–Crippen LogP) is 2.73. The van der Waals surface area contributed by atoms with Crippen molar-refractivity contribution in [2.45, 2.75) is 57.9 Å². The Morgan fingerprint density at radius 2 is 2.07 bits per heavy atom. The maximum atomic E-state index is 5.50. The first-order valence-corrected chi connectivity index (χ1v) is 6.66. The third-order valence-electron chi connectivity index (χ3n) is 4.34. The molecule has 0 aromatic carbocycles. The van der Waals surface area contributed by atoms with Gasteiger partial charge in [-0.05, 0) is 37.5 Å². The van der Waals surface area contributed by atoms with Crippen LogP contribution in [0.5, 0.6) is 0 Å². The van der Waals surface area contributed by atoms with Gasteiger partial charge < -0.3 is 10.1 Å². The van der Waals surface area contributed by atoms with Crippen molar-refractivity contribution < 1.29 is 4.74 Å². The Labute approximate surface area is 93.8 Å². The Morgan fingerprint density at radius 3 is 2.67 bits per heavy atom. The molecule has 0 aromatic heterocycles. The highest BCUT2D eigenvalue weighted by Gasteiger charge is 2.32. The quantitative estimate of drug-likeness (QED) is 0.772. The van der Waals surface area contributed by atoms with Crippen LogP contribution in [-0.4, -0.2) is 25.8 Å². The smallest absolute Gasteiger partial charge is 0.0619 e. The molecule has 1 aliphatic carbocycles. The van der Waals surface area contributed by atoms with Gasteiger partial charge in [-0.25, -0.2) is 0 Å². The molecule has 88 valence electrons. The SMILES string of the molecule is CCC1(CNC2CCCOC2)CCCC1. The molecule has 0 bridgehead atoms. The van der Waals surface area contributed by atoms with Gasteiger partial charge in [0.1, 0.15) is 0 Å². The molecule has 1 saturated carbocycles. The topological polar surface area (TPSA) is 21.3 Å². The molecule has 0 amide bonds. The van der Waals surface area contributed by atoms with Crippen LogP contribution in [0.4, 0.5) is 0 Å². The van der Waals surface area contributed by atoms with Crippen molar-refractivity contribution in [1.82, 2.24) is 5.32 Å². The molecule has 2 heteroatoms. The van der Waals surface area contributed by atoms with Gasteiger partial charge in [-0.3, -0.25) is 0 Å². The van der Waals surface area contributed by atoms with Crippen LogP contribution in [0.3, 0.4) is 0 Å². The highest BCUT2D eigenvalue weighted by molar-refractivity contribution is 4.87. The normalized spacial score (nSPS) is 30.6. The minimum Gasteiger partial charge on any atom is -0.380 e. The third kappa shape index (κ3) is 2.94. The number of rotatable bonds is 4. The first-order valence-electron chi connectivity index (χ1n) is 6.66. The maximum Gasteiger partial charge on any atom is 0.0619 e. The van der Waals surface area contributed by atoms with Crippen LogP contribution in [-0.2, 0) is 4.74 Å². The van der Waals surface area contributed by atoms with E-state index in [0.717, 1.165) is 13.2 Å². The lowest BCUT2D eigenvalue weighted by Crippen LogP contribution is -2.42. The van der Waals surface area contributed by atoms with Gasteiger partial charge in [0.05, 0.1) is 6.61 Å². The average molecular weight is 211 g/mol. The summed E-state index contributed by atoms with van der Waals surface area (Å²) in [6.07, 6.45) is 9.63. The summed E-state index contributed by atoms with van der Waals surface area (Å²) in [5, 5.41) is 3.73. The zero-order valence-corrected chi connectivity index (χ0v) is 10.1. The highest BCUT2D eigenvalue weighted by atomic mass is 16.5. The molecule has 2 fully saturated rings. The van der Waals surface area contributed by atoms with E-state index >= 15 is 0 Å². The highest BCUT2D eigenvalue weighted by Crippen LogP contribution is 2.40. The molecule has 1 heterocycles. The molecule has 1 N–H and O–H groups in total. The van der Waals surface area contributed by atoms with E-state index in [-0.39, 0.29) is 0 Å². The van der Waals surface area contributed by atoms with Crippen molar-refractivity contribution >= 4 is 0 Å². The van der Waals surface area contributed by atoms with Gasteiger partial charge in [0.15, 0.2) is 0 Å². The fourth-order valence-electron chi connectivity index (χ4n) is 3.04. The van der Waals surface area contributed by atoms with Crippen molar-refractivity contribution in [3.05, 3.63) is 0 Å². The Hall–Kier alpha value is -0.0800. The van der Waals surface area contributed by atoms with Gasteiger partial charge >= 0.3 is 0 Å². The van der Waals surface area contributed by atoms with Gasteiger partial charge in [-0.1, -0.05) is 19.8 Å². The second kappa shape index (κ2) is 5.31. The standard InChI is InChI=1S/C13H25NO/c1-2-13(7-3-4-8-13)11-14-12-6-5-9-15-10-12/h12,14H,2-11H2,1H3. The molecule has 0 spiro atoms. The van der Waals surface area contributed by atoms with E-state index in [0.29, 0.717) is 11.5 Å². The van der Waals surface area contributed by atoms with Crippen LogP contribution in [0.1, 0.15) is 51.9 Å². The molecule has 0 aromatic rings. The molecule has 1 saturated heterocycles. The molecular formula is C13H25NO. The number of ether oxygens (including phenoxy) is 1. The Bertz CT molecular complexity index is 181. The van der Waals surface area contributed by atoms with Crippen molar-refractivity contribution in [3.63, 3.8) is 0 Å². The number of hydrogen-bond donors (Lipinski definition) is 1. The maximum absolute atomic E-state index is 5.50. The monoisotopic (exact) mass is 211 g/mol. The summed E-state index contributed by atoms with van der Waals surface area (Å²) in [5.74, 6) is 0. The molecule has 2 rings (SSSR count). The minimum absolute atomic E-state index is 0.622. The molecular weight excluding hydrogens is 186 g/mol. The van der Waals surface area contributed by atoms with Crippen LogP contribution in [0.25, 0.3) is 0 Å². The Morgan fingerprint density at radius 1 is 1.27 bits per heavy atom. The van der Waals surface area contributed by atoms with Gasteiger partial charge in [0, 0.05) is 19.2 Å². The van der Waals surface area contributed by atoms with Crippen molar-refractivity contribution in [3.8, 4) is 0 Å². The van der Waals surface area contributed by atoms with Crippen LogP contribution < -0.4 is 5.32 Å². The van der Waals surface area contributed by atoms with Crippen LogP contribution in [0.15, 0.2) is 0 Å². The van der Waals surface area contributed by atoms with E-state index in [2.05, 4.69) is 12.2 Å². The fourth-order valence-corrected chi connectivity index (χ4v) is 3.04. The molecule has 2 aliphatic rings. The van der Waals surface area contributed by atoms with Crippen molar-refractivity contribution in [1.29, 1.82) is 0 Å². The Kier molecular flexibility index (Phi) is 4.04. The van der Waals surface area contributed by atoms with Crippen LogP contribution in [0, 0.1) is 5.41 Å². The van der Waals surface area contributed by atoms with Crippen molar-refractivity contribution in [2.24, 2.45) is 5.41 Å². The van der Waals surface area contributed by atoms with E-state index < -0.39 is 0 Å². The lowest BCUT2D eigenvalue weighted by Gasteiger charge is -2.32. The summed E-state index contributed by atoms with van der Waals surface area (Å²) >= 11 is 0. The summed E-state index contributed by atoms with van der Waals surface area (Å²) in [7, 11) is 0. The van der Waals surface area contributed by atoms with E-state index in [4.69, 9.17) is 4.74 Å². The van der Waals surface area contributed by atoms with Gasteiger partial charge in [0.25, 0.3) is 0 Å². The van der Waals surface area contributed by atoms with Gasteiger partial charge in [-0.15, -0.1) is 0 Å². The molecule has 1 aliphatic heterocycles. The predicted molar refractivity (Wildman–Crippen MR) is 63.0 cm³/mol. The first kappa shape index (κ1) is 11.4. The minimum atomic E-state index is 0.622. The third-order valence-corrected chi connectivity index (χ3v) is 4.34. The second-order valence-corrected chi connectivity index (χ2v) is 5.36. The van der Waals surface area contributed by atoms with Gasteiger partial charge in [-0.2, -0.15) is 0 Å². The summed E-state index contributed by atoms with van der Waals surface area (Å²) in [6.45, 7) is 5.47. The van der Waals surface area contributed by atoms with E-state index in [1.807, 2.05) is 0 Å². The number of nitrogens with one attached hydrogen (secondary N) is 1. The lowest BCUT2D eigenvalue weighted by molar-refractivity contribution is 0.0653. The Balaban J connectivity index is 1.75. The van der Waals surface area contributed by atoms with Gasteiger partial charge in [0.2, 0.25) is 0 Å². The lowest BCUT2D eigenvalue weighted by atomic mass is 9.83. The fraction of sp³-hybridized carbons (Fsp3) is 1.00. The largest absolute Gasteiger partial charge is 0.380 e. The van der Waals surface area contributed by atoms with Crippen LogP contribution in [0.2, 0.25) is 0 Å². The number of hydrogen-bond acceptors (Lipinski definition) is 2.